The summed E-state index contributed by atoms with van der Waals surface area (Å²) in [4.78, 5) is 0. The highest BCUT2D eigenvalue weighted by atomic mass is 32.2. The van der Waals surface area contributed by atoms with Crippen LogP contribution in [0.5, 0.6) is 0 Å². The monoisotopic (exact) mass is 261 g/mol. The molecule has 1 saturated heterocycles. The van der Waals surface area contributed by atoms with E-state index in [-0.39, 0.29) is 0 Å². The fourth-order valence-electron chi connectivity index (χ4n) is 2.92. The lowest BCUT2D eigenvalue weighted by atomic mass is 9.97. The van der Waals surface area contributed by atoms with Crippen LogP contribution in [0.4, 0.5) is 0 Å². The summed E-state index contributed by atoms with van der Waals surface area (Å²) in [6, 6.07) is 0. The third kappa shape index (κ3) is 3.19. The molecule has 0 aromatic heterocycles. The topological polar surface area (TPSA) is 75.4 Å². The van der Waals surface area contributed by atoms with Gasteiger partial charge in [0.1, 0.15) is 0 Å². The highest BCUT2D eigenvalue weighted by Crippen LogP contribution is 2.30. The molecule has 0 radical (unpaired) electrons. The zero-order valence-electron chi connectivity index (χ0n) is 10.3. The summed E-state index contributed by atoms with van der Waals surface area (Å²) >= 11 is 0. The van der Waals surface area contributed by atoms with E-state index in [0.29, 0.717) is 38.0 Å². The maximum Gasteiger partial charge on any atom is 0.279 e. The van der Waals surface area contributed by atoms with Gasteiger partial charge in [0.05, 0.1) is 0 Å². The molecule has 2 aliphatic rings. The van der Waals surface area contributed by atoms with Gasteiger partial charge in [-0.05, 0) is 44.1 Å². The molecule has 5 nitrogen and oxygen atoms in total. The number of rotatable bonds is 5. The zero-order chi connectivity index (χ0) is 12.3. The van der Waals surface area contributed by atoms with E-state index < -0.39 is 10.2 Å². The minimum atomic E-state index is -3.24. The van der Waals surface area contributed by atoms with Crippen LogP contribution in [0.15, 0.2) is 0 Å². The first kappa shape index (κ1) is 13.3. The molecule has 2 unspecified atom stereocenters. The van der Waals surface area contributed by atoms with E-state index in [4.69, 9.17) is 5.73 Å². The summed E-state index contributed by atoms with van der Waals surface area (Å²) in [6.07, 6.45) is 5.39. The second-order valence-electron chi connectivity index (χ2n) is 5.15. The second-order valence-corrected chi connectivity index (χ2v) is 6.90. The molecule has 1 saturated carbocycles. The minimum Gasteiger partial charge on any atom is -0.330 e. The number of nitrogens with one attached hydrogen (secondary N) is 1. The minimum absolute atomic E-state index is 0.428. The van der Waals surface area contributed by atoms with E-state index in [0.717, 1.165) is 25.7 Å². The first-order valence-electron chi connectivity index (χ1n) is 6.58. The van der Waals surface area contributed by atoms with Crippen molar-refractivity contribution in [2.24, 2.45) is 17.6 Å². The van der Waals surface area contributed by atoms with E-state index in [1.165, 1.54) is 6.42 Å². The largest absolute Gasteiger partial charge is 0.330 e. The zero-order valence-corrected chi connectivity index (χ0v) is 11.1. The number of hydrogen-bond acceptors (Lipinski definition) is 3. The van der Waals surface area contributed by atoms with E-state index in [9.17, 15) is 8.42 Å². The van der Waals surface area contributed by atoms with Crippen molar-refractivity contribution in [3.8, 4) is 0 Å². The highest BCUT2D eigenvalue weighted by molar-refractivity contribution is 7.87. The average molecular weight is 261 g/mol. The smallest absolute Gasteiger partial charge is 0.279 e. The summed E-state index contributed by atoms with van der Waals surface area (Å²) < 4.78 is 28.2. The summed E-state index contributed by atoms with van der Waals surface area (Å²) in [5.74, 6) is 0.925. The van der Waals surface area contributed by atoms with E-state index in [1.807, 2.05) is 0 Å². The molecule has 6 heteroatoms. The molecule has 100 valence electrons. The molecule has 0 amide bonds. The second kappa shape index (κ2) is 5.65. The van der Waals surface area contributed by atoms with Gasteiger partial charge >= 0.3 is 0 Å². The summed E-state index contributed by atoms with van der Waals surface area (Å²) in [5, 5.41) is 0. The van der Waals surface area contributed by atoms with Gasteiger partial charge < -0.3 is 5.73 Å². The maximum absolute atomic E-state index is 12.0. The van der Waals surface area contributed by atoms with Crippen LogP contribution in [-0.4, -0.2) is 38.9 Å². The summed E-state index contributed by atoms with van der Waals surface area (Å²) in [5.41, 5.74) is 5.70. The van der Waals surface area contributed by atoms with Gasteiger partial charge in [0.2, 0.25) is 0 Å². The van der Waals surface area contributed by atoms with Gasteiger partial charge in [-0.1, -0.05) is 6.42 Å². The Bertz CT molecular complexity index is 339. The van der Waals surface area contributed by atoms with Gasteiger partial charge in [0.15, 0.2) is 0 Å². The lowest BCUT2D eigenvalue weighted by Gasteiger charge is -2.21. The average Bonchev–Trinajstić information content (AvgIpc) is 2.97. The predicted molar refractivity (Wildman–Crippen MR) is 67.6 cm³/mol. The quantitative estimate of drug-likeness (QED) is 0.747. The summed E-state index contributed by atoms with van der Waals surface area (Å²) in [7, 11) is -3.24. The molecule has 3 N–H and O–H groups in total. The Hall–Kier alpha value is -0.170. The molecule has 0 aromatic rings. The van der Waals surface area contributed by atoms with Crippen LogP contribution >= 0.6 is 0 Å². The van der Waals surface area contributed by atoms with Crippen molar-refractivity contribution in [1.29, 1.82) is 0 Å². The van der Waals surface area contributed by atoms with Gasteiger partial charge in [0.25, 0.3) is 10.2 Å². The van der Waals surface area contributed by atoms with E-state index >= 15 is 0 Å². The molecular formula is C11H23N3O2S. The molecule has 1 heterocycles. The fourth-order valence-corrected chi connectivity index (χ4v) is 4.27. The number of hydrogen-bond donors (Lipinski definition) is 2. The lowest BCUT2D eigenvalue weighted by Crippen LogP contribution is -2.41. The van der Waals surface area contributed by atoms with Gasteiger partial charge in [-0.15, -0.1) is 0 Å². The fraction of sp³-hybridized carbons (Fsp3) is 1.00. The Labute approximate surface area is 104 Å². The van der Waals surface area contributed by atoms with Crippen molar-refractivity contribution in [2.75, 3.05) is 26.2 Å². The Morgan fingerprint density at radius 1 is 1.12 bits per heavy atom. The van der Waals surface area contributed by atoms with Crippen molar-refractivity contribution in [3.05, 3.63) is 0 Å². The van der Waals surface area contributed by atoms with Crippen molar-refractivity contribution < 1.29 is 8.42 Å². The first-order valence-corrected chi connectivity index (χ1v) is 8.02. The van der Waals surface area contributed by atoms with Crippen LogP contribution in [0.25, 0.3) is 0 Å². The molecule has 2 rings (SSSR count). The lowest BCUT2D eigenvalue weighted by molar-refractivity contribution is 0.384. The number of nitrogens with zero attached hydrogens (tertiary/aromatic N) is 1. The molecule has 2 atom stereocenters. The van der Waals surface area contributed by atoms with Crippen LogP contribution in [-0.2, 0) is 10.2 Å². The third-order valence-electron chi connectivity index (χ3n) is 4.05. The predicted octanol–water partition coefficient (Wildman–Crippen LogP) is 0.292. The molecule has 1 aliphatic heterocycles. The standard InChI is InChI=1S/C11H23N3O2S/c12-8-10-4-3-5-11(10)9-13-17(15,16)14-6-1-2-7-14/h10-11,13H,1-9,12H2. The molecule has 0 spiro atoms. The Morgan fingerprint density at radius 3 is 2.41 bits per heavy atom. The van der Waals surface area contributed by atoms with Gasteiger partial charge in [-0.25, -0.2) is 4.72 Å². The van der Waals surface area contributed by atoms with Crippen molar-refractivity contribution in [1.82, 2.24) is 9.03 Å². The number of nitrogens with two attached hydrogens (primary N) is 1. The van der Waals surface area contributed by atoms with Crippen LogP contribution in [0, 0.1) is 11.8 Å². The molecule has 0 bridgehead atoms. The molecule has 0 aromatic carbocycles. The van der Waals surface area contributed by atoms with E-state index in [1.54, 1.807) is 4.31 Å². The normalized spacial score (nSPS) is 31.1. The maximum atomic E-state index is 12.0. The highest BCUT2D eigenvalue weighted by Gasteiger charge is 2.29. The summed E-state index contributed by atoms with van der Waals surface area (Å²) in [6.45, 7) is 2.57. The first-order chi connectivity index (χ1) is 8.13. The third-order valence-corrected chi connectivity index (χ3v) is 5.63. The van der Waals surface area contributed by atoms with Gasteiger partial charge in [-0.3, -0.25) is 0 Å². The van der Waals surface area contributed by atoms with Gasteiger partial charge in [0, 0.05) is 19.6 Å². The molecule has 17 heavy (non-hydrogen) atoms. The Morgan fingerprint density at radius 2 is 1.76 bits per heavy atom. The van der Waals surface area contributed by atoms with E-state index in [2.05, 4.69) is 4.72 Å². The Balaban J connectivity index is 1.84. The van der Waals surface area contributed by atoms with Crippen LogP contribution in [0.1, 0.15) is 32.1 Å². The molecule has 2 fully saturated rings. The van der Waals surface area contributed by atoms with Crippen LogP contribution in [0.2, 0.25) is 0 Å². The SMILES string of the molecule is NCC1CCCC1CNS(=O)(=O)N1CCCC1. The van der Waals surface area contributed by atoms with Crippen LogP contribution in [0.3, 0.4) is 0 Å². The van der Waals surface area contributed by atoms with Crippen molar-refractivity contribution in [3.63, 3.8) is 0 Å². The Kier molecular flexibility index (Phi) is 4.41. The van der Waals surface area contributed by atoms with Gasteiger partial charge in [-0.2, -0.15) is 12.7 Å². The van der Waals surface area contributed by atoms with Crippen LogP contribution < -0.4 is 10.5 Å². The van der Waals surface area contributed by atoms with Crippen molar-refractivity contribution in [2.45, 2.75) is 32.1 Å². The molecule has 1 aliphatic carbocycles. The molecular weight excluding hydrogens is 238 g/mol. The van der Waals surface area contributed by atoms with Crippen molar-refractivity contribution >= 4 is 10.2 Å².